The molecule has 1 aliphatic rings. The first-order valence-corrected chi connectivity index (χ1v) is 11.5. The highest BCUT2D eigenvalue weighted by Crippen LogP contribution is 2.30. The Morgan fingerprint density at radius 1 is 0.733 bits per heavy atom. The number of rotatable bonds is 8. The van der Waals surface area contributed by atoms with Crippen molar-refractivity contribution >= 4 is 0 Å². The van der Waals surface area contributed by atoms with E-state index in [0.717, 1.165) is 35.1 Å². The van der Waals surface area contributed by atoms with E-state index in [1.807, 2.05) is 36.4 Å². The third-order valence-corrected chi connectivity index (χ3v) is 6.42. The molecule has 0 radical (unpaired) electrons. The lowest BCUT2D eigenvalue weighted by Crippen LogP contribution is -2.49. The topological polar surface area (TPSA) is 64.5 Å². The summed E-state index contributed by atoms with van der Waals surface area (Å²) in [5.74, 6) is 1.47. The molecule has 2 atom stereocenters. The highest BCUT2D eigenvalue weighted by Gasteiger charge is 2.25. The summed E-state index contributed by atoms with van der Waals surface area (Å²) in [5.41, 5.74) is 3.95. The van der Waals surface area contributed by atoms with Gasteiger partial charge in [0, 0.05) is 36.3 Å². The Morgan fingerprint density at radius 2 is 1.13 bits per heavy atom. The number of hydrogen-bond acceptors (Lipinski definition) is 4. The molecule has 0 aromatic heterocycles. The number of phenolic OH excluding ortho intramolecular Hbond substituents is 2. The molecule has 0 amide bonds. The molecule has 4 N–H and O–H groups in total. The van der Waals surface area contributed by atoms with Gasteiger partial charge in [-0.05, 0) is 35.8 Å². The quantitative estimate of drug-likeness (QED) is 0.462. The van der Waals surface area contributed by atoms with E-state index in [1.165, 1.54) is 12.8 Å². The van der Waals surface area contributed by atoms with Crippen LogP contribution in [0.4, 0.5) is 0 Å². The van der Waals surface area contributed by atoms with E-state index in [2.05, 4.69) is 38.3 Å². The van der Waals surface area contributed by atoms with Crippen LogP contribution in [0.25, 0.3) is 0 Å². The maximum atomic E-state index is 10.6. The van der Waals surface area contributed by atoms with Crippen molar-refractivity contribution in [3.8, 4) is 11.5 Å². The van der Waals surface area contributed by atoms with Gasteiger partial charge in [0.2, 0.25) is 0 Å². The van der Waals surface area contributed by atoms with E-state index in [4.69, 9.17) is 0 Å². The van der Waals surface area contributed by atoms with Crippen molar-refractivity contribution < 1.29 is 10.2 Å². The minimum atomic E-state index is 0.309. The van der Waals surface area contributed by atoms with Crippen LogP contribution in [0.3, 0.4) is 0 Å². The summed E-state index contributed by atoms with van der Waals surface area (Å²) in [7, 11) is 0. The summed E-state index contributed by atoms with van der Waals surface area (Å²) < 4.78 is 0. The summed E-state index contributed by atoms with van der Waals surface area (Å²) in [6, 6.07) is 12.8. The van der Waals surface area contributed by atoms with Gasteiger partial charge in [0.15, 0.2) is 0 Å². The molecule has 164 valence electrons. The van der Waals surface area contributed by atoms with E-state index in [9.17, 15) is 10.2 Å². The van der Waals surface area contributed by atoms with Gasteiger partial charge < -0.3 is 20.8 Å². The minimum absolute atomic E-state index is 0.309. The maximum absolute atomic E-state index is 10.6. The van der Waals surface area contributed by atoms with Crippen LogP contribution in [0.5, 0.6) is 11.5 Å². The third-order valence-electron chi connectivity index (χ3n) is 6.42. The van der Waals surface area contributed by atoms with Crippen LogP contribution < -0.4 is 10.6 Å². The van der Waals surface area contributed by atoms with Crippen molar-refractivity contribution in [2.24, 2.45) is 0 Å². The molecule has 4 nitrogen and oxygen atoms in total. The normalized spacial score (nSPS) is 19.5. The molecule has 1 saturated carbocycles. The van der Waals surface area contributed by atoms with Gasteiger partial charge in [-0.1, -0.05) is 76.9 Å². The SMILES string of the molecule is CC(C)c1cccc(CN[C@@H]2CCCC[C@H]2NCc2cccc(C(C)C)c2O)c1O. The predicted molar refractivity (Wildman–Crippen MR) is 124 cm³/mol. The summed E-state index contributed by atoms with van der Waals surface area (Å²) in [5, 5.41) is 28.6. The minimum Gasteiger partial charge on any atom is -0.507 e. The molecular formula is C26H38N2O2. The van der Waals surface area contributed by atoms with Crippen LogP contribution in [0.2, 0.25) is 0 Å². The zero-order valence-electron chi connectivity index (χ0n) is 18.9. The van der Waals surface area contributed by atoms with Gasteiger partial charge >= 0.3 is 0 Å². The molecule has 2 aromatic rings. The average molecular weight is 411 g/mol. The van der Waals surface area contributed by atoms with Crippen molar-refractivity contribution in [2.75, 3.05) is 0 Å². The number of nitrogens with one attached hydrogen (secondary N) is 2. The first kappa shape index (κ1) is 22.6. The molecule has 3 rings (SSSR count). The predicted octanol–water partition coefficient (Wildman–Crippen LogP) is 5.54. The molecule has 30 heavy (non-hydrogen) atoms. The molecular weight excluding hydrogens is 372 g/mol. The van der Waals surface area contributed by atoms with E-state index in [-0.39, 0.29) is 0 Å². The summed E-state index contributed by atoms with van der Waals surface area (Å²) >= 11 is 0. The molecule has 0 spiro atoms. The number of aromatic hydroxyl groups is 2. The fraction of sp³-hybridized carbons (Fsp3) is 0.538. The van der Waals surface area contributed by atoms with Crippen molar-refractivity contribution in [2.45, 2.75) is 90.4 Å². The van der Waals surface area contributed by atoms with Gasteiger partial charge in [-0.3, -0.25) is 0 Å². The second kappa shape index (κ2) is 10.3. The van der Waals surface area contributed by atoms with E-state index < -0.39 is 0 Å². The summed E-state index contributed by atoms with van der Waals surface area (Å²) in [6.45, 7) is 9.77. The second-order valence-electron chi connectivity index (χ2n) is 9.28. The van der Waals surface area contributed by atoms with Crippen molar-refractivity contribution in [1.29, 1.82) is 0 Å². The Bertz CT molecular complexity index is 762. The highest BCUT2D eigenvalue weighted by atomic mass is 16.3. The van der Waals surface area contributed by atoms with Gasteiger partial charge in [0.05, 0.1) is 0 Å². The number of para-hydroxylation sites is 2. The Kier molecular flexibility index (Phi) is 7.79. The smallest absolute Gasteiger partial charge is 0.123 e. The number of hydrogen-bond donors (Lipinski definition) is 4. The lowest BCUT2D eigenvalue weighted by Gasteiger charge is -2.33. The van der Waals surface area contributed by atoms with Crippen LogP contribution in [0.1, 0.15) is 87.5 Å². The van der Waals surface area contributed by atoms with Crippen LogP contribution in [-0.2, 0) is 13.1 Å². The number of benzene rings is 2. The van der Waals surface area contributed by atoms with Gasteiger partial charge in [-0.2, -0.15) is 0 Å². The molecule has 2 aromatic carbocycles. The highest BCUT2D eigenvalue weighted by molar-refractivity contribution is 5.43. The lowest BCUT2D eigenvalue weighted by atomic mass is 9.89. The van der Waals surface area contributed by atoms with Crippen LogP contribution in [0.15, 0.2) is 36.4 Å². The molecule has 1 aliphatic carbocycles. The molecule has 0 aliphatic heterocycles. The van der Waals surface area contributed by atoms with Crippen molar-refractivity contribution in [3.05, 3.63) is 58.7 Å². The molecule has 1 fully saturated rings. The maximum Gasteiger partial charge on any atom is 0.123 e. The lowest BCUT2D eigenvalue weighted by molar-refractivity contribution is 0.279. The molecule has 4 heteroatoms. The molecule has 0 heterocycles. The fourth-order valence-corrected chi connectivity index (χ4v) is 4.54. The monoisotopic (exact) mass is 410 g/mol. The standard InChI is InChI=1S/C26H38N2O2/c1-17(2)21-11-7-9-19(25(21)29)15-27-23-13-5-6-14-24(23)28-16-20-10-8-12-22(18(3)4)26(20)30/h7-12,17-18,23-24,27-30H,5-6,13-16H2,1-4H3/t23-,24-/m1/s1. The van der Waals surface area contributed by atoms with Crippen LogP contribution >= 0.6 is 0 Å². The Balaban J connectivity index is 1.64. The Morgan fingerprint density at radius 3 is 1.50 bits per heavy atom. The first-order valence-electron chi connectivity index (χ1n) is 11.5. The summed E-state index contributed by atoms with van der Waals surface area (Å²) in [6.07, 6.45) is 4.70. The van der Waals surface area contributed by atoms with Crippen molar-refractivity contribution in [1.82, 2.24) is 10.6 Å². The zero-order valence-corrected chi connectivity index (χ0v) is 18.9. The second-order valence-corrected chi connectivity index (χ2v) is 9.28. The molecule has 0 unspecified atom stereocenters. The molecule has 0 saturated heterocycles. The van der Waals surface area contributed by atoms with Gasteiger partial charge in [-0.15, -0.1) is 0 Å². The zero-order chi connectivity index (χ0) is 21.7. The number of phenols is 2. The fourth-order valence-electron chi connectivity index (χ4n) is 4.54. The van der Waals surface area contributed by atoms with E-state index in [0.29, 0.717) is 48.5 Å². The van der Waals surface area contributed by atoms with E-state index in [1.54, 1.807) is 0 Å². The Labute approximate surface area is 181 Å². The largest absolute Gasteiger partial charge is 0.507 e. The van der Waals surface area contributed by atoms with Gasteiger partial charge in [-0.25, -0.2) is 0 Å². The van der Waals surface area contributed by atoms with Crippen LogP contribution in [-0.4, -0.2) is 22.3 Å². The van der Waals surface area contributed by atoms with E-state index >= 15 is 0 Å². The third kappa shape index (κ3) is 5.35. The average Bonchev–Trinajstić information content (AvgIpc) is 2.72. The summed E-state index contributed by atoms with van der Waals surface area (Å²) in [4.78, 5) is 0. The van der Waals surface area contributed by atoms with Crippen LogP contribution in [0, 0.1) is 0 Å². The van der Waals surface area contributed by atoms with Crippen molar-refractivity contribution in [3.63, 3.8) is 0 Å². The Hall–Kier alpha value is -2.04. The van der Waals surface area contributed by atoms with Gasteiger partial charge in [0.1, 0.15) is 11.5 Å². The van der Waals surface area contributed by atoms with Gasteiger partial charge in [0.25, 0.3) is 0 Å². The molecule has 0 bridgehead atoms. The first-order chi connectivity index (χ1) is 14.4.